The van der Waals surface area contributed by atoms with E-state index in [-0.39, 0.29) is 0 Å². The zero-order valence-electron chi connectivity index (χ0n) is 12.7. The maximum Gasteiger partial charge on any atom is 0.162 e. The largest absolute Gasteiger partial charge is 0.493 e. The van der Waals surface area contributed by atoms with Crippen LogP contribution >= 0.6 is 0 Å². The van der Waals surface area contributed by atoms with E-state index in [1.807, 2.05) is 31.3 Å². The van der Waals surface area contributed by atoms with Gasteiger partial charge < -0.3 is 20.1 Å². The number of methoxy groups -OCH3 is 2. The van der Waals surface area contributed by atoms with E-state index in [1.165, 1.54) is 0 Å². The molecule has 0 saturated heterocycles. The summed E-state index contributed by atoms with van der Waals surface area (Å²) in [6, 6.07) is 9.61. The highest BCUT2D eigenvalue weighted by atomic mass is 16.5. The molecule has 1 aromatic heterocycles. The molecule has 0 aliphatic carbocycles. The molecule has 2 aromatic rings. The number of pyridine rings is 1. The average molecular weight is 287 g/mol. The standard InChI is InChI=1S/C16H21N3O2/c1-19(9-7-12-6-4-5-8-18-12)14-11-16(21-3)15(20-2)10-13(14)17/h4-6,8,10-11H,7,9,17H2,1-3H3. The molecular weight excluding hydrogens is 266 g/mol. The van der Waals surface area contributed by atoms with Crippen LogP contribution in [0.5, 0.6) is 11.5 Å². The highest BCUT2D eigenvalue weighted by molar-refractivity contribution is 5.73. The molecule has 0 bridgehead atoms. The number of nitrogens with two attached hydrogens (primary N) is 1. The van der Waals surface area contributed by atoms with Crippen LogP contribution < -0.4 is 20.1 Å². The Morgan fingerprint density at radius 1 is 1.14 bits per heavy atom. The lowest BCUT2D eigenvalue weighted by Crippen LogP contribution is -2.21. The van der Waals surface area contributed by atoms with Crippen molar-refractivity contribution in [1.29, 1.82) is 0 Å². The Balaban J connectivity index is 2.13. The van der Waals surface area contributed by atoms with Gasteiger partial charge in [-0.25, -0.2) is 0 Å². The third kappa shape index (κ3) is 3.56. The van der Waals surface area contributed by atoms with Crippen molar-refractivity contribution in [2.45, 2.75) is 6.42 Å². The first-order valence-electron chi connectivity index (χ1n) is 6.78. The third-order valence-electron chi connectivity index (χ3n) is 3.37. The van der Waals surface area contributed by atoms with Crippen LogP contribution in [0.25, 0.3) is 0 Å². The van der Waals surface area contributed by atoms with Gasteiger partial charge in [0.1, 0.15) is 0 Å². The number of hydrogen-bond donors (Lipinski definition) is 1. The molecule has 0 unspecified atom stereocenters. The van der Waals surface area contributed by atoms with Crippen molar-refractivity contribution < 1.29 is 9.47 Å². The van der Waals surface area contributed by atoms with Gasteiger partial charge in [0.05, 0.1) is 25.6 Å². The molecule has 0 aliphatic heterocycles. The molecule has 0 amide bonds. The van der Waals surface area contributed by atoms with Crippen molar-refractivity contribution in [1.82, 2.24) is 4.98 Å². The zero-order valence-corrected chi connectivity index (χ0v) is 12.7. The first-order valence-corrected chi connectivity index (χ1v) is 6.78. The number of nitrogens with zero attached hydrogens (tertiary/aromatic N) is 2. The predicted molar refractivity (Wildman–Crippen MR) is 85.2 cm³/mol. The fraction of sp³-hybridized carbons (Fsp3) is 0.312. The molecule has 0 atom stereocenters. The van der Waals surface area contributed by atoms with Crippen molar-refractivity contribution in [3.05, 3.63) is 42.2 Å². The van der Waals surface area contributed by atoms with Crippen molar-refractivity contribution in [2.75, 3.05) is 38.4 Å². The van der Waals surface area contributed by atoms with E-state index in [4.69, 9.17) is 15.2 Å². The van der Waals surface area contributed by atoms with Gasteiger partial charge in [-0.1, -0.05) is 6.07 Å². The quantitative estimate of drug-likeness (QED) is 0.826. The summed E-state index contributed by atoms with van der Waals surface area (Å²) in [5, 5.41) is 0. The van der Waals surface area contributed by atoms with Crippen molar-refractivity contribution in [3.8, 4) is 11.5 Å². The second-order valence-corrected chi connectivity index (χ2v) is 4.76. The lowest BCUT2D eigenvalue weighted by molar-refractivity contribution is 0.355. The maximum atomic E-state index is 6.10. The summed E-state index contributed by atoms with van der Waals surface area (Å²) >= 11 is 0. The molecule has 5 nitrogen and oxygen atoms in total. The summed E-state index contributed by atoms with van der Waals surface area (Å²) < 4.78 is 10.6. The maximum absolute atomic E-state index is 6.10. The molecule has 0 saturated carbocycles. The topological polar surface area (TPSA) is 60.6 Å². The number of hydrogen-bond acceptors (Lipinski definition) is 5. The monoisotopic (exact) mass is 287 g/mol. The second-order valence-electron chi connectivity index (χ2n) is 4.76. The second kappa shape index (κ2) is 6.83. The van der Waals surface area contributed by atoms with E-state index in [1.54, 1.807) is 26.5 Å². The summed E-state index contributed by atoms with van der Waals surface area (Å²) in [7, 11) is 5.22. The van der Waals surface area contributed by atoms with E-state index >= 15 is 0 Å². The number of anilines is 2. The van der Waals surface area contributed by atoms with Crippen LogP contribution in [0.1, 0.15) is 5.69 Å². The van der Waals surface area contributed by atoms with Crippen LogP contribution in [0.3, 0.4) is 0 Å². The van der Waals surface area contributed by atoms with Crippen molar-refractivity contribution in [3.63, 3.8) is 0 Å². The smallest absolute Gasteiger partial charge is 0.162 e. The van der Waals surface area contributed by atoms with Crippen LogP contribution in [0.4, 0.5) is 11.4 Å². The number of nitrogen functional groups attached to an aromatic ring is 1. The minimum atomic E-state index is 0.636. The van der Waals surface area contributed by atoms with Gasteiger partial charge in [-0.3, -0.25) is 4.98 Å². The lowest BCUT2D eigenvalue weighted by Gasteiger charge is -2.22. The van der Waals surface area contributed by atoms with Crippen LogP contribution in [0.2, 0.25) is 0 Å². The highest BCUT2D eigenvalue weighted by Crippen LogP contribution is 2.36. The highest BCUT2D eigenvalue weighted by Gasteiger charge is 2.12. The summed E-state index contributed by atoms with van der Waals surface area (Å²) in [6.45, 7) is 0.816. The molecule has 1 aromatic carbocycles. The van der Waals surface area contributed by atoms with Gasteiger partial charge in [-0.2, -0.15) is 0 Å². The van der Waals surface area contributed by atoms with Crippen LogP contribution in [-0.4, -0.2) is 32.8 Å². The molecule has 5 heteroatoms. The summed E-state index contributed by atoms with van der Waals surface area (Å²) in [4.78, 5) is 6.41. The average Bonchev–Trinajstić information content (AvgIpc) is 2.53. The van der Waals surface area contributed by atoms with Gasteiger partial charge >= 0.3 is 0 Å². The minimum absolute atomic E-state index is 0.636. The Bertz CT molecular complexity index is 588. The van der Waals surface area contributed by atoms with Gasteiger partial charge in [0, 0.05) is 44.0 Å². The van der Waals surface area contributed by atoms with Gasteiger partial charge in [-0.05, 0) is 12.1 Å². The van der Waals surface area contributed by atoms with Crippen LogP contribution in [0.15, 0.2) is 36.5 Å². The third-order valence-corrected chi connectivity index (χ3v) is 3.37. The van der Waals surface area contributed by atoms with Gasteiger partial charge in [0.25, 0.3) is 0 Å². The first-order chi connectivity index (χ1) is 10.2. The Kier molecular flexibility index (Phi) is 4.87. The van der Waals surface area contributed by atoms with E-state index in [0.29, 0.717) is 17.2 Å². The van der Waals surface area contributed by atoms with E-state index in [0.717, 1.165) is 24.3 Å². The van der Waals surface area contributed by atoms with Crippen LogP contribution in [0, 0.1) is 0 Å². The molecular formula is C16H21N3O2. The molecule has 2 N–H and O–H groups in total. The molecule has 0 spiro atoms. The van der Waals surface area contributed by atoms with Gasteiger partial charge in [0.2, 0.25) is 0 Å². The number of aromatic nitrogens is 1. The zero-order chi connectivity index (χ0) is 15.2. The van der Waals surface area contributed by atoms with E-state index in [9.17, 15) is 0 Å². The predicted octanol–water partition coefficient (Wildman–Crippen LogP) is 2.36. The van der Waals surface area contributed by atoms with Gasteiger partial charge in [-0.15, -0.1) is 0 Å². The van der Waals surface area contributed by atoms with Crippen molar-refractivity contribution in [2.24, 2.45) is 0 Å². The Labute approximate surface area is 125 Å². The molecule has 0 radical (unpaired) electrons. The fourth-order valence-corrected chi connectivity index (χ4v) is 2.16. The molecule has 112 valence electrons. The minimum Gasteiger partial charge on any atom is -0.493 e. The van der Waals surface area contributed by atoms with Crippen molar-refractivity contribution >= 4 is 11.4 Å². The summed E-state index contributed by atoms with van der Waals surface area (Å²) in [5.41, 5.74) is 8.74. The fourth-order valence-electron chi connectivity index (χ4n) is 2.16. The number of ether oxygens (including phenoxy) is 2. The van der Waals surface area contributed by atoms with Gasteiger partial charge in [0.15, 0.2) is 11.5 Å². The Hall–Kier alpha value is -2.43. The first kappa shape index (κ1) is 15.0. The SMILES string of the molecule is COc1cc(N)c(N(C)CCc2ccccn2)cc1OC. The summed E-state index contributed by atoms with van der Waals surface area (Å²) in [6.07, 6.45) is 2.66. The number of rotatable bonds is 6. The van der Waals surface area contributed by atoms with Crippen LogP contribution in [-0.2, 0) is 6.42 Å². The molecule has 21 heavy (non-hydrogen) atoms. The number of likely N-dealkylation sites (N-methyl/N-ethyl adjacent to an activating group) is 1. The van der Waals surface area contributed by atoms with E-state index in [2.05, 4.69) is 9.88 Å². The lowest BCUT2D eigenvalue weighted by atomic mass is 10.2. The summed E-state index contributed by atoms with van der Waals surface area (Å²) in [5.74, 6) is 1.31. The normalized spacial score (nSPS) is 10.2. The number of benzene rings is 1. The molecule has 2 rings (SSSR count). The Morgan fingerprint density at radius 2 is 1.86 bits per heavy atom. The Morgan fingerprint density at radius 3 is 2.48 bits per heavy atom. The molecule has 0 aliphatic rings. The molecule has 0 fully saturated rings. The van der Waals surface area contributed by atoms with E-state index < -0.39 is 0 Å². The molecule has 1 heterocycles.